The summed E-state index contributed by atoms with van der Waals surface area (Å²) in [4.78, 5) is 16.6. The number of piperidine rings is 1. The average Bonchev–Trinajstić information content (AvgIpc) is 2.69. The molecule has 0 radical (unpaired) electrons. The minimum absolute atomic E-state index is 0.142. The Morgan fingerprint density at radius 3 is 2.34 bits per heavy atom. The number of aromatic nitrogens is 2. The molecule has 13 heteroatoms. The zero-order valence-corrected chi connectivity index (χ0v) is 21.2. The summed E-state index contributed by atoms with van der Waals surface area (Å²) in [5, 5.41) is 7.54. The van der Waals surface area contributed by atoms with Crippen molar-refractivity contribution >= 4 is 22.0 Å². The van der Waals surface area contributed by atoms with Gasteiger partial charge in [0, 0.05) is 19.6 Å². The van der Waals surface area contributed by atoms with Crippen LogP contribution < -0.4 is 4.90 Å². The first-order valence-corrected chi connectivity index (χ1v) is 13.5. The number of carbonyl (C=O) groups is 1. The summed E-state index contributed by atoms with van der Waals surface area (Å²) in [5.74, 6) is 0.776. The molecular weight excluding hydrogens is 489 g/mol. The monoisotopic (exact) mass is 522 g/mol. The Morgan fingerprint density at radius 1 is 1.17 bits per heavy atom. The van der Waals surface area contributed by atoms with Crippen molar-refractivity contribution in [1.82, 2.24) is 15.1 Å². The van der Waals surface area contributed by atoms with Gasteiger partial charge in [-0.25, -0.2) is 4.79 Å². The normalized spacial score (nSPS) is 20.8. The van der Waals surface area contributed by atoms with Crippen LogP contribution in [0.4, 0.5) is 23.8 Å². The molecule has 0 spiro atoms. The maximum absolute atomic E-state index is 13.3. The number of hydrogen-bond donors (Lipinski definition) is 0. The van der Waals surface area contributed by atoms with E-state index in [2.05, 4.69) is 14.4 Å². The van der Waals surface area contributed by atoms with Gasteiger partial charge in [-0.2, -0.15) is 26.7 Å². The highest BCUT2D eigenvalue weighted by Gasteiger charge is 2.45. The third-order valence-electron chi connectivity index (χ3n) is 5.98. The van der Waals surface area contributed by atoms with Crippen LogP contribution >= 0.6 is 0 Å². The van der Waals surface area contributed by atoms with E-state index in [1.165, 1.54) is 6.07 Å². The number of halogens is 3. The fourth-order valence-corrected chi connectivity index (χ4v) is 4.71. The summed E-state index contributed by atoms with van der Waals surface area (Å²) >= 11 is 0. The number of alkyl halides is 3. The summed E-state index contributed by atoms with van der Waals surface area (Å²) in [5.41, 5.74) is -1.28. The maximum atomic E-state index is 13.3. The molecule has 1 aliphatic heterocycles. The van der Waals surface area contributed by atoms with Gasteiger partial charge in [-0.15, -0.1) is 5.10 Å². The lowest BCUT2D eigenvalue weighted by atomic mass is 9.84. The third-order valence-corrected chi connectivity index (χ3v) is 6.52. The number of hydrogen-bond acceptors (Lipinski definition) is 8. The van der Waals surface area contributed by atoms with Gasteiger partial charge in [-0.1, -0.05) is 6.42 Å². The van der Waals surface area contributed by atoms with Gasteiger partial charge >= 0.3 is 12.3 Å². The van der Waals surface area contributed by atoms with E-state index in [-0.39, 0.29) is 12.1 Å². The Balaban J connectivity index is 1.76. The SMILES string of the molecule is CC(C)(C)OC(=O)N(CC1CCC1)[C@@H]1CCCN(c2ccc(C(OS(C)(=O)=O)C(F)(F)F)nn2)C1. The number of rotatable bonds is 7. The second-order valence-electron chi connectivity index (χ2n) is 10.2. The van der Waals surface area contributed by atoms with Gasteiger partial charge in [0.15, 0.2) is 5.82 Å². The van der Waals surface area contributed by atoms with Crippen LogP contribution in [0, 0.1) is 5.92 Å². The minimum atomic E-state index is -4.98. The largest absolute Gasteiger partial charge is 0.444 e. The van der Waals surface area contributed by atoms with Gasteiger partial charge in [0.05, 0.1) is 12.3 Å². The van der Waals surface area contributed by atoms with Gasteiger partial charge in [-0.3, -0.25) is 4.18 Å². The van der Waals surface area contributed by atoms with Crippen LogP contribution in [0.1, 0.15) is 64.7 Å². The predicted molar refractivity (Wildman–Crippen MR) is 122 cm³/mol. The molecule has 1 aromatic rings. The van der Waals surface area contributed by atoms with Crippen LogP contribution in [0.15, 0.2) is 12.1 Å². The average molecular weight is 523 g/mol. The highest BCUT2D eigenvalue weighted by molar-refractivity contribution is 7.86. The Kier molecular flexibility index (Phi) is 8.19. The summed E-state index contributed by atoms with van der Waals surface area (Å²) < 4.78 is 72.5. The highest BCUT2D eigenvalue weighted by atomic mass is 32.2. The molecule has 0 bridgehead atoms. The summed E-state index contributed by atoms with van der Waals surface area (Å²) in [7, 11) is -4.38. The van der Waals surface area contributed by atoms with Crippen LogP contribution in [-0.2, 0) is 19.0 Å². The molecule has 2 aliphatic rings. The van der Waals surface area contributed by atoms with E-state index in [9.17, 15) is 26.4 Å². The molecule has 35 heavy (non-hydrogen) atoms. The number of nitrogens with zero attached hydrogens (tertiary/aromatic N) is 4. The Bertz CT molecular complexity index is 978. The topological polar surface area (TPSA) is 102 Å². The molecule has 1 saturated carbocycles. The van der Waals surface area contributed by atoms with E-state index in [0.717, 1.165) is 38.2 Å². The molecule has 1 amide bonds. The van der Waals surface area contributed by atoms with E-state index in [1.807, 2.05) is 25.7 Å². The predicted octanol–water partition coefficient (Wildman–Crippen LogP) is 4.06. The van der Waals surface area contributed by atoms with Gasteiger partial charge in [0.1, 0.15) is 11.3 Å². The summed E-state index contributed by atoms with van der Waals surface area (Å²) in [6, 6.07) is 2.28. The smallest absolute Gasteiger partial charge is 0.421 e. The molecular formula is C22H33F3N4O5S. The highest BCUT2D eigenvalue weighted by Crippen LogP contribution is 2.36. The van der Waals surface area contributed by atoms with Gasteiger partial charge in [0.25, 0.3) is 10.1 Å². The molecule has 0 N–H and O–H groups in total. The van der Waals surface area contributed by atoms with Crippen LogP contribution in [0.25, 0.3) is 0 Å². The lowest BCUT2D eigenvalue weighted by Gasteiger charge is -2.42. The fraction of sp³-hybridized carbons (Fsp3) is 0.773. The zero-order valence-electron chi connectivity index (χ0n) is 20.4. The standard InChI is InChI=1S/C22H33F3N4O5S/c1-21(2,3)33-20(30)29(13-15-7-5-8-15)16-9-6-12-28(14-16)18-11-10-17(26-27-18)19(22(23,24)25)34-35(4,31)32/h10-11,15-16,19H,5-9,12-14H2,1-4H3/t16-,19?/m1/s1. The summed E-state index contributed by atoms with van der Waals surface area (Å²) in [6.07, 6.45) is -2.74. The van der Waals surface area contributed by atoms with Gasteiger partial charge < -0.3 is 14.5 Å². The molecule has 198 valence electrons. The van der Waals surface area contributed by atoms with Crippen molar-refractivity contribution in [1.29, 1.82) is 0 Å². The van der Waals surface area contributed by atoms with Crippen molar-refractivity contribution in [2.45, 2.75) is 76.8 Å². The van der Waals surface area contributed by atoms with E-state index in [4.69, 9.17) is 4.74 Å². The molecule has 0 aromatic carbocycles. The van der Waals surface area contributed by atoms with Gasteiger partial charge in [0.2, 0.25) is 6.10 Å². The van der Waals surface area contributed by atoms with Crippen molar-refractivity contribution < 1.29 is 35.3 Å². The lowest BCUT2D eigenvalue weighted by molar-refractivity contribution is -0.198. The van der Waals surface area contributed by atoms with Crippen LogP contribution in [0.2, 0.25) is 0 Å². The van der Waals surface area contributed by atoms with Crippen molar-refractivity contribution in [2.75, 3.05) is 30.8 Å². The van der Waals surface area contributed by atoms with E-state index in [0.29, 0.717) is 37.6 Å². The van der Waals surface area contributed by atoms with Gasteiger partial charge in [-0.05, 0) is 64.5 Å². The first kappa shape index (κ1) is 27.4. The number of amides is 1. The Hall–Kier alpha value is -2.15. The Labute approximate surface area is 204 Å². The maximum Gasteiger partial charge on any atom is 0.421 e. The van der Waals surface area contributed by atoms with Crippen molar-refractivity contribution in [3.05, 3.63) is 17.8 Å². The molecule has 1 aliphatic carbocycles. The molecule has 1 aromatic heterocycles. The molecule has 9 nitrogen and oxygen atoms in total. The van der Waals surface area contributed by atoms with Crippen LogP contribution in [0.5, 0.6) is 0 Å². The molecule has 2 fully saturated rings. The van der Waals surface area contributed by atoms with Crippen molar-refractivity contribution in [3.63, 3.8) is 0 Å². The lowest BCUT2D eigenvalue weighted by Crippen LogP contribution is -2.53. The van der Waals surface area contributed by atoms with Crippen molar-refractivity contribution in [3.8, 4) is 0 Å². The molecule has 1 unspecified atom stereocenters. The quantitative estimate of drug-likeness (QED) is 0.494. The number of carbonyl (C=O) groups excluding carboxylic acids is 1. The Morgan fingerprint density at radius 2 is 1.86 bits per heavy atom. The molecule has 2 heterocycles. The van der Waals surface area contributed by atoms with Crippen LogP contribution in [0.3, 0.4) is 0 Å². The second kappa shape index (κ2) is 10.5. The molecule has 2 atom stereocenters. The fourth-order valence-electron chi connectivity index (χ4n) is 4.15. The van der Waals surface area contributed by atoms with Crippen molar-refractivity contribution in [2.24, 2.45) is 5.92 Å². The van der Waals surface area contributed by atoms with E-state index in [1.54, 1.807) is 4.90 Å². The third kappa shape index (κ3) is 7.92. The number of ether oxygens (including phenoxy) is 1. The molecule has 3 rings (SSSR count). The first-order chi connectivity index (χ1) is 16.1. The second-order valence-corrected chi connectivity index (χ2v) is 11.8. The summed E-state index contributed by atoms with van der Waals surface area (Å²) in [6.45, 7) is 7.09. The zero-order chi connectivity index (χ0) is 26.0. The number of anilines is 1. The first-order valence-electron chi connectivity index (χ1n) is 11.7. The van der Waals surface area contributed by atoms with E-state index >= 15 is 0 Å². The van der Waals surface area contributed by atoms with Crippen LogP contribution in [-0.4, -0.2) is 73.3 Å². The molecule has 1 saturated heterocycles. The van der Waals surface area contributed by atoms with E-state index < -0.39 is 33.7 Å². The minimum Gasteiger partial charge on any atom is -0.444 e.